The smallest absolute Gasteiger partial charge is 0.248 e. The number of aromatic nitrogens is 8. The van der Waals surface area contributed by atoms with E-state index in [0.717, 1.165) is 117 Å². The first-order valence-corrected chi connectivity index (χ1v) is 35.2. The molecule has 0 aliphatic rings. The van der Waals surface area contributed by atoms with Crippen molar-refractivity contribution in [1.82, 2.24) is 38.7 Å². The molecule has 504 valence electrons. The molecular formula is C94H64N8O4. The fraction of sp³-hybridized carbons (Fsp3) is 0.0213. The third-order valence-electron chi connectivity index (χ3n) is 19.9. The van der Waals surface area contributed by atoms with Crippen molar-refractivity contribution in [1.29, 1.82) is 0 Å². The quantitative estimate of drug-likeness (QED) is 0.0939. The van der Waals surface area contributed by atoms with Crippen LogP contribution in [0.15, 0.2) is 350 Å². The Balaban J connectivity index is 0.000000145. The minimum Gasteiger partial charge on any atom is -0.489 e. The Labute approximate surface area is 609 Å². The highest BCUT2D eigenvalue weighted by Crippen LogP contribution is 2.42. The zero-order valence-corrected chi connectivity index (χ0v) is 57.4. The van der Waals surface area contributed by atoms with Crippen LogP contribution in [0.1, 0.15) is 22.3 Å². The van der Waals surface area contributed by atoms with E-state index < -0.39 is 0 Å². The molecule has 0 amide bonds. The summed E-state index contributed by atoms with van der Waals surface area (Å²) in [4.78, 5) is 0. The second kappa shape index (κ2) is 26.5. The first kappa shape index (κ1) is 62.6. The molecule has 6 aromatic heterocycles. The molecule has 0 saturated heterocycles. The second-order valence-electron chi connectivity index (χ2n) is 26.3. The van der Waals surface area contributed by atoms with Gasteiger partial charge in [-0.1, -0.05) is 226 Å². The number of ether oxygens (including phenoxy) is 2. The van der Waals surface area contributed by atoms with Crippen LogP contribution in [0.2, 0.25) is 0 Å². The molecule has 0 N–H and O–H groups in total. The second-order valence-corrected chi connectivity index (χ2v) is 26.3. The average Bonchev–Trinajstić information content (AvgIpc) is 1.59. The highest BCUT2D eigenvalue weighted by atomic mass is 16.5. The molecule has 0 aliphatic heterocycles. The van der Waals surface area contributed by atoms with E-state index in [0.29, 0.717) is 42.5 Å². The molecule has 0 aliphatic carbocycles. The van der Waals surface area contributed by atoms with Crippen molar-refractivity contribution >= 4 is 99.4 Å². The third-order valence-corrected chi connectivity index (χ3v) is 19.9. The van der Waals surface area contributed by atoms with E-state index >= 15 is 0 Å². The molecule has 14 aromatic carbocycles. The van der Waals surface area contributed by atoms with Crippen molar-refractivity contribution < 1.29 is 18.3 Å². The van der Waals surface area contributed by atoms with Crippen LogP contribution in [0.25, 0.3) is 168 Å². The summed E-state index contributed by atoms with van der Waals surface area (Å²) in [6, 6.07) is 113. The van der Waals surface area contributed by atoms with Gasteiger partial charge in [0.25, 0.3) is 0 Å². The van der Waals surface area contributed by atoms with Gasteiger partial charge in [-0.05, 0) is 150 Å². The highest BCUT2D eigenvalue weighted by Gasteiger charge is 2.23. The van der Waals surface area contributed by atoms with E-state index in [1.165, 1.54) is 43.1 Å². The number of hydrogen-bond donors (Lipinski definition) is 0. The van der Waals surface area contributed by atoms with E-state index in [1.54, 1.807) is 0 Å². The number of nitrogens with zero attached hydrogens (tertiary/aromatic N) is 8. The van der Waals surface area contributed by atoms with Gasteiger partial charge in [0.15, 0.2) is 0 Å². The van der Waals surface area contributed by atoms with Gasteiger partial charge in [0.1, 0.15) is 24.7 Å². The van der Waals surface area contributed by atoms with Gasteiger partial charge in [0.05, 0.1) is 44.1 Å². The Kier molecular flexibility index (Phi) is 15.7. The lowest BCUT2D eigenvalue weighted by atomic mass is 10.1. The molecular weight excluding hydrogens is 1310 g/mol. The molecule has 106 heavy (non-hydrogen) atoms. The fourth-order valence-electron chi connectivity index (χ4n) is 15.0. The average molecular weight is 1370 g/mol. The van der Waals surface area contributed by atoms with E-state index in [-0.39, 0.29) is 0 Å². The number of hydrogen-bond acceptors (Lipinski definition) is 8. The molecule has 0 radical (unpaired) electrons. The number of para-hydroxylation sites is 8. The van der Waals surface area contributed by atoms with Crippen LogP contribution in [0.5, 0.6) is 11.5 Å². The van der Waals surface area contributed by atoms with Crippen LogP contribution in [0.3, 0.4) is 0 Å². The van der Waals surface area contributed by atoms with Crippen molar-refractivity contribution in [3.63, 3.8) is 0 Å². The Morgan fingerprint density at radius 1 is 0.255 bits per heavy atom. The molecule has 12 heteroatoms. The van der Waals surface area contributed by atoms with Gasteiger partial charge in [0.2, 0.25) is 23.6 Å². The SMILES string of the molecule is C=Cc1ccc(COc2cccc(-c3nnc(-c4cc(-n5c6ccccc6c6ccccc65)cc(-n5c6ccccc6c6ccccc65)c4)o3)c2)cc1.C=Cc1cccc(COc2cccc(-c3nnc(-c4cc(-n5c6ccccc6c6ccccc65)cc(-n5c6ccccc6c6ccccc65)c4)o3)c2)c1. The Morgan fingerprint density at radius 3 is 0.868 bits per heavy atom. The summed E-state index contributed by atoms with van der Waals surface area (Å²) in [6.45, 7) is 8.59. The predicted octanol–water partition coefficient (Wildman–Crippen LogP) is 23.6. The summed E-state index contributed by atoms with van der Waals surface area (Å²) in [5.74, 6) is 3.13. The Morgan fingerprint density at radius 2 is 0.547 bits per heavy atom. The lowest BCUT2D eigenvalue weighted by molar-refractivity contribution is 0.306. The summed E-state index contributed by atoms with van der Waals surface area (Å²) in [7, 11) is 0. The molecule has 12 nitrogen and oxygen atoms in total. The van der Waals surface area contributed by atoms with Crippen molar-refractivity contribution in [3.8, 4) is 80.1 Å². The minimum absolute atomic E-state index is 0.416. The van der Waals surface area contributed by atoms with Crippen molar-refractivity contribution in [2.75, 3.05) is 0 Å². The zero-order valence-electron chi connectivity index (χ0n) is 57.4. The topological polar surface area (TPSA) is 116 Å². The number of rotatable bonds is 16. The van der Waals surface area contributed by atoms with Gasteiger partial charge < -0.3 is 36.6 Å². The molecule has 0 spiro atoms. The van der Waals surface area contributed by atoms with Gasteiger partial charge in [-0.2, -0.15) is 0 Å². The molecule has 0 bridgehead atoms. The molecule has 0 saturated carbocycles. The van der Waals surface area contributed by atoms with Crippen LogP contribution < -0.4 is 9.47 Å². The van der Waals surface area contributed by atoms with Crippen LogP contribution in [0.4, 0.5) is 0 Å². The summed E-state index contributed by atoms with van der Waals surface area (Å²) in [6.07, 6.45) is 3.67. The Bertz CT molecular complexity index is 6320. The largest absolute Gasteiger partial charge is 0.489 e. The van der Waals surface area contributed by atoms with Crippen molar-refractivity contribution in [3.05, 3.63) is 363 Å². The maximum absolute atomic E-state index is 6.49. The lowest BCUT2D eigenvalue weighted by Gasteiger charge is -2.14. The predicted molar refractivity (Wildman–Crippen MR) is 429 cm³/mol. The van der Waals surface area contributed by atoms with Gasteiger partial charge in [0, 0.05) is 88.1 Å². The lowest BCUT2D eigenvalue weighted by Crippen LogP contribution is -2.00. The normalized spacial score (nSPS) is 11.5. The number of fused-ring (bicyclic) bond motifs is 12. The highest BCUT2D eigenvalue weighted by molar-refractivity contribution is 6.13. The van der Waals surface area contributed by atoms with Gasteiger partial charge in [-0.25, -0.2) is 0 Å². The van der Waals surface area contributed by atoms with Crippen molar-refractivity contribution in [2.24, 2.45) is 0 Å². The summed E-state index contributed by atoms with van der Waals surface area (Å²) in [5.41, 5.74) is 20.4. The molecule has 6 heterocycles. The number of benzene rings is 14. The standard InChI is InChI=1S/2C47H32N4O2/c1-2-31-13-11-14-32(25-31)30-52-37-16-12-15-33(28-37)46-48-49-47(53-46)34-26-35(50-42-21-7-3-17-38(42)39-18-4-8-22-43(39)50)29-36(27-34)51-44-23-9-5-19-40(44)41-20-6-10-24-45(41)51;1-2-31-22-24-32(25-23-31)30-52-37-13-11-12-33(28-37)46-48-49-47(53-46)34-26-35(50-42-18-7-3-14-38(42)39-15-4-8-19-43(39)50)29-36(27-34)51-44-20-9-5-16-40(44)41-17-6-10-21-45(41)51/h2*2-29H,1,30H2. The van der Waals surface area contributed by atoms with Crippen LogP contribution in [-0.2, 0) is 13.2 Å². The molecule has 0 fully saturated rings. The fourth-order valence-corrected chi connectivity index (χ4v) is 15.0. The molecule has 20 aromatic rings. The summed E-state index contributed by atoms with van der Waals surface area (Å²) < 4.78 is 34.6. The maximum atomic E-state index is 6.49. The van der Waals surface area contributed by atoms with Gasteiger partial charge in [-0.15, -0.1) is 20.4 Å². The van der Waals surface area contributed by atoms with Crippen LogP contribution >= 0.6 is 0 Å². The van der Waals surface area contributed by atoms with Gasteiger partial charge in [-0.3, -0.25) is 0 Å². The van der Waals surface area contributed by atoms with Crippen molar-refractivity contribution in [2.45, 2.75) is 13.2 Å². The first-order chi connectivity index (χ1) is 52.4. The summed E-state index contributed by atoms with van der Waals surface area (Å²) in [5, 5.41) is 27.9. The van der Waals surface area contributed by atoms with E-state index in [4.69, 9.17) is 18.3 Å². The minimum atomic E-state index is 0.416. The van der Waals surface area contributed by atoms with Crippen LogP contribution in [-0.4, -0.2) is 38.7 Å². The van der Waals surface area contributed by atoms with Gasteiger partial charge >= 0.3 is 0 Å². The molecule has 20 rings (SSSR count). The molecule has 0 atom stereocenters. The monoisotopic (exact) mass is 1370 g/mol. The first-order valence-electron chi connectivity index (χ1n) is 35.2. The van der Waals surface area contributed by atoms with Crippen LogP contribution in [0, 0.1) is 0 Å². The third kappa shape index (κ3) is 11.3. The van der Waals surface area contributed by atoms with E-state index in [2.05, 4.69) is 288 Å². The van der Waals surface area contributed by atoms with E-state index in [9.17, 15) is 0 Å². The summed E-state index contributed by atoms with van der Waals surface area (Å²) >= 11 is 0. The maximum Gasteiger partial charge on any atom is 0.248 e. The Hall–Kier alpha value is -14.4. The zero-order chi connectivity index (χ0) is 70.6. The van der Waals surface area contributed by atoms with E-state index in [1.807, 2.05) is 103 Å². The molecule has 0 unspecified atom stereocenters.